The number of hydrogen-bond donors (Lipinski definition) is 2. The van der Waals surface area contributed by atoms with E-state index < -0.39 is 5.97 Å². The van der Waals surface area contributed by atoms with Gasteiger partial charge < -0.3 is 15.1 Å². The number of amides is 1. The van der Waals surface area contributed by atoms with Gasteiger partial charge in [-0.3, -0.25) is 9.59 Å². The van der Waals surface area contributed by atoms with Gasteiger partial charge in [0.05, 0.1) is 0 Å². The molecule has 19 heavy (non-hydrogen) atoms. The first-order valence-corrected chi connectivity index (χ1v) is 6.25. The van der Waals surface area contributed by atoms with Crippen molar-refractivity contribution in [2.45, 2.75) is 26.7 Å². The van der Waals surface area contributed by atoms with Crippen LogP contribution >= 0.6 is 0 Å². The summed E-state index contributed by atoms with van der Waals surface area (Å²) >= 11 is 0. The summed E-state index contributed by atoms with van der Waals surface area (Å²) in [5.41, 5.74) is 0.480. The summed E-state index contributed by atoms with van der Waals surface area (Å²) < 4.78 is 0. The standard InChI is InChI=1S/C14H19NO4/c1-3-10(2)8-13(17)15(9-14(18)19)11-4-6-12(16)7-5-11/h4-7,10,16H,3,8-9H2,1-2H3,(H,18,19). The van der Waals surface area contributed by atoms with Gasteiger partial charge in [-0.15, -0.1) is 0 Å². The van der Waals surface area contributed by atoms with Crippen molar-refractivity contribution in [3.8, 4) is 5.75 Å². The van der Waals surface area contributed by atoms with Gasteiger partial charge in [0.1, 0.15) is 12.3 Å². The third-order valence-electron chi connectivity index (χ3n) is 2.98. The second kappa shape index (κ2) is 6.78. The van der Waals surface area contributed by atoms with Crippen LogP contribution in [-0.4, -0.2) is 28.6 Å². The highest BCUT2D eigenvalue weighted by Crippen LogP contribution is 2.20. The fraction of sp³-hybridized carbons (Fsp3) is 0.429. The molecular weight excluding hydrogens is 246 g/mol. The topological polar surface area (TPSA) is 77.8 Å². The van der Waals surface area contributed by atoms with Gasteiger partial charge in [0, 0.05) is 12.1 Å². The second-order valence-corrected chi connectivity index (χ2v) is 4.61. The van der Waals surface area contributed by atoms with Crippen LogP contribution in [0.2, 0.25) is 0 Å². The van der Waals surface area contributed by atoms with Gasteiger partial charge >= 0.3 is 5.97 Å². The zero-order valence-electron chi connectivity index (χ0n) is 11.2. The predicted molar refractivity (Wildman–Crippen MR) is 72.2 cm³/mol. The molecule has 0 aliphatic carbocycles. The van der Waals surface area contributed by atoms with E-state index in [0.29, 0.717) is 12.1 Å². The third-order valence-corrected chi connectivity index (χ3v) is 2.98. The average molecular weight is 265 g/mol. The number of phenolic OH excluding ortho intramolecular Hbond substituents is 1. The smallest absolute Gasteiger partial charge is 0.323 e. The number of phenols is 1. The summed E-state index contributed by atoms with van der Waals surface area (Å²) in [4.78, 5) is 24.2. The van der Waals surface area contributed by atoms with Crippen LogP contribution in [0.3, 0.4) is 0 Å². The van der Waals surface area contributed by atoms with Crippen LogP contribution in [0.4, 0.5) is 5.69 Å². The first-order chi connectivity index (χ1) is 8.93. The van der Waals surface area contributed by atoms with E-state index in [9.17, 15) is 14.7 Å². The molecule has 1 aromatic rings. The Hall–Kier alpha value is -2.04. The molecule has 5 heteroatoms. The molecule has 0 radical (unpaired) electrons. The molecule has 1 unspecified atom stereocenters. The van der Waals surface area contributed by atoms with Gasteiger partial charge in [-0.05, 0) is 30.2 Å². The van der Waals surface area contributed by atoms with Crippen molar-refractivity contribution < 1.29 is 19.8 Å². The molecule has 0 saturated carbocycles. The first-order valence-electron chi connectivity index (χ1n) is 6.25. The summed E-state index contributed by atoms with van der Waals surface area (Å²) in [5, 5.41) is 18.1. The lowest BCUT2D eigenvalue weighted by Crippen LogP contribution is -2.36. The van der Waals surface area contributed by atoms with Crippen molar-refractivity contribution in [1.29, 1.82) is 0 Å². The van der Waals surface area contributed by atoms with Crippen LogP contribution in [0.25, 0.3) is 0 Å². The number of nitrogens with zero attached hydrogens (tertiary/aromatic N) is 1. The predicted octanol–water partition coefficient (Wildman–Crippen LogP) is 2.25. The number of benzene rings is 1. The van der Waals surface area contributed by atoms with Crippen LogP contribution in [-0.2, 0) is 9.59 Å². The minimum atomic E-state index is -1.06. The van der Waals surface area contributed by atoms with E-state index in [2.05, 4.69) is 0 Å². The molecule has 0 fully saturated rings. The third kappa shape index (κ3) is 4.62. The monoisotopic (exact) mass is 265 g/mol. The summed E-state index contributed by atoms with van der Waals surface area (Å²) in [7, 11) is 0. The number of carbonyl (C=O) groups is 2. The summed E-state index contributed by atoms with van der Waals surface area (Å²) in [5.74, 6) is -0.998. The Kier molecular flexibility index (Phi) is 5.36. The van der Waals surface area contributed by atoms with Gasteiger partial charge in [0.2, 0.25) is 5.91 Å². The molecule has 0 heterocycles. The second-order valence-electron chi connectivity index (χ2n) is 4.61. The SMILES string of the molecule is CCC(C)CC(=O)N(CC(=O)O)c1ccc(O)cc1. The highest BCUT2D eigenvalue weighted by Gasteiger charge is 2.20. The Morgan fingerprint density at radius 3 is 2.32 bits per heavy atom. The van der Waals surface area contributed by atoms with Crippen LogP contribution in [0.5, 0.6) is 5.75 Å². The molecule has 1 rings (SSSR count). The van der Waals surface area contributed by atoms with E-state index in [-0.39, 0.29) is 24.1 Å². The zero-order valence-corrected chi connectivity index (χ0v) is 11.2. The Morgan fingerprint density at radius 2 is 1.84 bits per heavy atom. The lowest BCUT2D eigenvalue weighted by Gasteiger charge is -2.22. The molecular formula is C14H19NO4. The molecule has 104 valence electrons. The van der Waals surface area contributed by atoms with Crippen LogP contribution < -0.4 is 4.90 Å². The normalized spacial score (nSPS) is 11.9. The van der Waals surface area contributed by atoms with Crippen molar-refractivity contribution in [2.75, 3.05) is 11.4 Å². The van der Waals surface area contributed by atoms with Gasteiger partial charge in [0.15, 0.2) is 0 Å². The van der Waals surface area contributed by atoms with E-state index >= 15 is 0 Å². The van der Waals surface area contributed by atoms with Crippen molar-refractivity contribution in [3.63, 3.8) is 0 Å². The van der Waals surface area contributed by atoms with Gasteiger partial charge in [-0.1, -0.05) is 20.3 Å². The molecule has 0 aliphatic heterocycles. The Morgan fingerprint density at radius 1 is 1.26 bits per heavy atom. The fourth-order valence-electron chi connectivity index (χ4n) is 1.64. The molecule has 0 aliphatic rings. The maximum absolute atomic E-state index is 12.1. The highest BCUT2D eigenvalue weighted by molar-refractivity contribution is 5.97. The zero-order chi connectivity index (χ0) is 14.4. The number of anilines is 1. The minimum Gasteiger partial charge on any atom is -0.508 e. The number of aromatic hydroxyl groups is 1. The van der Waals surface area contributed by atoms with E-state index in [4.69, 9.17) is 5.11 Å². The molecule has 1 atom stereocenters. The van der Waals surface area contributed by atoms with Crippen molar-refractivity contribution >= 4 is 17.6 Å². The van der Waals surface area contributed by atoms with Gasteiger partial charge in [-0.25, -0.2) is 0 Å². The fourth-order valence-corrected chi connectivity index (χ4v) is 1.64. The lowest BCUT2D eigenvalue weighted by molar-refractivity contribution is -0.136. The molecule has 0 saturated heterocycles. The largest absolute Gasteiger partial charge is 0.508 e. The number of carbonyl (C=O) groups excluding carboxylic acids is 1. The number of rotatable bonds is 6. The van der Waals surface area contributed by atoms with Crippen molar-refractivity contribution in [3.05, 3.63) is 24.3 Å². The van der Waals surface area contributed by atoms with Gasteiger partial charge in [0.25, 0.3) is 0 Å². The Bertz CT molecular complexity index is 441. The maximum Gasteiger partial charge on any atom is 0.323 e. The van der Waals surface area contributed by atoms with Crippen molar-refractivity contribution in [1.82, 2.24) is 0 Å². The van der Waals surface area contributed by atoms with Crippen LogP contribution in [0.15, 0.2) is 24.3 Å². The molecule has 1 amide bonds. The number of carboxylic acid groups (broad SMARTS) is 1. The number of aliphatic carboxylic acids is 1. The number of carboxylic acids is 1. The minimum absolute atomic E-state index is 0.0772. The van der Waals surface area contributed by atoms with Crippen LogP contribution in [0.1, 0.15) is 26.7 Å². The molecule has 0 spiro atoms. The Balaban J connectivity index is 2.91. The summed E-state index contributed by atoms with van der Waals surface area (Å²) in [6, 6.07) is 5.93. The number of hydrogen-bond acceptors (Lipinski definition) is 3. The molecule has 0 aromatic heterocycles. The summed E-state index contributed by atoms with van der Waals surface area (Å²) in [6.07, 6.45) is 1.17. The van der Waals surface area contributed by atoms with E-state index in [1.54, 1.807) is 0 Å². The molecule has 2 N–H and O–H groups in total. The average Bonchev–Trinajstić information content (AvgIpc) is 2.36. The molecule has 0 bridgehead atoms. The summed E-state index contributed by atoms with van der Waals surface area (Å²) in [6.45, 7) is 3.56. The molecule has 5 nitrogen and oxygen atoms in total. The van der Waals surface area contributed by atoms with E-state index in [1.165, 1.54) is 29.2 Å². The Labute approximate surface area is 112 Å². The van der Waals surface area contributed by atoms with Gasteiger partial charge in [-0.2, -0.15) is 0 Å². The molecule has 1 aromatic carbocycles. The quantitative estimate of drug-likeness (QED) is 0.827. The lowest BCUT2D eigenvalue weighted by atomic mass is 10.0. The maximum atomic E-state index is 12.1. The van der Waals surface area contributed by atoms with Crippen LogP contribution in [0, 0.1) is 5.92 Å². The van der Waals surface area contributed by atoms with E-state index in [0.717, 1.165) is 6.42 Å². The highest BCUT2D eigenvalue weighted by atomic mass is 16.4. The first kappa shape index (κ1) is 15.0. The van der Waals surface area contributed by atoms with E-state index in [1.807, 2.05) is 13.8 Å². The van der Waals surface area contributed by atoms with Crippen molar-refractivity contribution in [2.24, 2.45) is 5.92 Å².